The Hall–Kier alpha value is -3.87. The summed E-state index contributed by atoms with van der Waals surface area (Å²) in [5, 5.41) is 7.50. The van der Waals surface area contributed by atoms with E-state index >= 15 is 0 Å². The Balaban J connectivity index is 1.51. The first-order valence-electron chi connectivity index (χ1n) is 11.2. The van der Waals surface area contributed by atoms with Crippen molar-refractivity contribution in [1.82, 2.24) is 20.3 Å². The first-order valence-corrected chi connectivity index (χ1v) is 11.2. The monoisotopic (exact) mass is 441 g/mol. The van der Waals surface area contributed by atoms with Crippen LogP contribution in [0.1, 0.15) is 52.2 Å². The van der Waals surface area contributed by atoms with Gasteiger partial charge < -0.3 is 20.4 Å². The molecular weight excluding hydrogens is 414 g/mol. The molecule has 0 saturated heterocycles. The Labute approximate surface area is 192 Å². The third kappa shape index (κ3) is 4.53. The van der Waals surface area contributed by atoms with Crippen molar-refractivity contribution < 1.29 is 9.53 Å². The largest absolute Gasteiger partial charge is 0.497 e. The summed E-state index contributed by atoms with van der Waals surface area (Å²) in [5.41, 5.74) is 3.54. The Kier molecular flexibility index (Phi) is 5.69. The third-order valence-electron chi connectivity index (χ3n) is 6.06. The zero-order chi connectivity index (χ0) is 22.8. The highest BCUT2D eigenvalue weighted by molar-refractivity contribution is 5.95. The molecule has 33 heavy (non-hydrogen) atoms. The lowest BCUT2D eigenvalue weighted by Crippen LogP contribution is -2.31. The van der Waals surface area contributed by atoms with Gasteiger partial charge in [-0.15, -0.1) is 0 Å². The standard InChI is InChI=1S/C26H27N5O2/c1-27-24-14-23(29-25(31-24)16-10-11-16)22(13-18-15-28-21-9-4-3-8-20(18)21)30-26(32)17-6-5-7-19(12-17)33-2/h3-9,12,14-16,22,28H,10-11,13H2,1-2H3,(H,30,32)(H,27,29,31)/t22-/m0/s1. The molecule has 0 aliphatic heterocycles. The summed E-state index contributed by atoms with van der Waals surface area (Å²) in [5.74, 6) is 2.49. The number of methoxy groups -OCH3 is 1. The van der Waals surface area contributed by atoms with Gasteiger partial charge in [-0.25, -0.2) is 9.97 Å². The van der Waals surface area contributed by atoms with Crippen molar-refractivity contribution in [2.75, 3.05) is 19.5 Å². The number of benzene rings is 2. The molecule has 7 nitrogen and oxygen atoms in total. The molecule has 168 valence electrons. The molecule has 2 aromatic heterocycles. The fourth-order valence-electron chi connectivity index (χ4n) is 4.07. The number of para-hydroxylation sites is 1. The van der Waals surface area contributed by atoms with Crippen molar-refractivity contribution >= 4 is 22.6 Å². The van der Waals surface area contributed by atoms with E-state index in [2.05, 4.69) is 32.7 Å². The van der Waals surface area contributed by atoms with Gasteiger partial charge >= 0.3 is 0 Å². The number of nitrogens with zero attached hydrogens (tertiary/aromatic N) is 2. The predicted molar refractivity (Wildman–Crippen MR) is 129 cm³/mol. The van der Waals surface area contributed by atoms with Gasteiger partial charge in [0.05, 0.1) is 18.8 Å². The van der Waals surface area contributed by atoms with Gasteiger partial charge in [-0.05, 0) is 42.7 Å². The number of H-pyrrole nitrogens is 1. The van der Waals surface area contributed by atoms with Crippen LogP contribution in [0.4, 0.5) is 5.82 Å². The van der Waals surface area contributed by atoms with Crippen molar-refractivity contribution in [2.45, 2.75) is 31.2 Å². The normalized spacial score (nSPS) is 14.1. The molecule has 4 aromatic rings. The second-order valence-corrected chi connectivity index (χ2v) is 8.38. The van der Waals surface area contributed by atoms with Crippen LogP contribution in [0.15, 0.2) is 60.8 Å². The van der Waals surface area contributed by atoms with Crippen molar-refractivity contribution in [3.05, 3.63) is 83.4 Å². The number of aromatic amines is 1. The van der Waals surface area contributed by atoms with E-state index in [0.717, 1.165) is 46.6 Å². The molecule has 3 N–H and O–H groups in total. The lowest BCUT2D eigenvalue weighted by Gasteiger charge is -2.20. The van der Waals surface area contributed by atoms with Gasteiger partial charge in [-0.1, -0.05) is 24.3 Å². The molecule has 0 spiro atoms. The van der Waals surface area contributed by atoms with Crippen molar-refractivity contribution in [1.29, 1.82) is 0 Å². The van der Waals surface area contributed by atoms with Crippen LogP contribution in [0.5, 0.6) is 5.75 Å². The zero-order valence-corrected chi connectivity index (χ0v) is 18.8. The molecule has 0 unspecified atom stereocenters. The summed E-state index contributed by atoms with van der Waals surface area (Å²) in [6.07, 6.45) is 4.83. The number of aromatic nitrogens is 3. The molecule has 1 aliphatic carbocycles. The summed E-state index contributed by atoms with van der Waals surface area (Å²) in [6.45, 7) is 0. The number of anilines is 1. The number of hydrogen-bond acceptors (Lipinski definition) is 5. The maximum atomic E-state index is 13.2. The maximum absolute atomic E-state index is 13.2. The summed E-state index contributed by atoms with van der Waals surface area (Å²) >= 11 is 0. The number of carbonyl (C=O) groups is 1. The highest BCUT2D eigenvalue weighted by atomic mass is 16.5. The first kappa shape index (κ1) is 21.0. The predicted octanol–water partition coefficient (Wildman–Crippen LogP) is 4.60. The van der Waals surface area contributed by atoms with Gasteiger partial charge in [0.15, 0.2) is 0 Å². The summed E-state index contributed by atoms with van der Waals surface area (Å²) in [6, 6.07) is 17.0. The van der Waals surface area contributed by atoms with E-state index in [1.165, 1.54) is 0 Å². The highest BCUT2D eigenvalue weighted by Crippen LogP contribution is 2.39. The van der Waals surface area contributed by atoms with Crippen LogP contribution in [0, 0.1) is 0 Å². The number of fused-ring (bicyclic) bond motifs is 1. The molecule has 1 fully saturated rings. The van der Waals surface area contributed by atoms with Gasteiger partial charge in [-0.3, -0.25) is 4.79 Å². The first-order chi connectivity index (χ1) is 16.1. The van der Waals surface area contributed by atoms with E-state index in [1.54, 1.807) is 19.2 Å². The van der Waals surface area contributed by atoms with Gasteiger partial charge in [0.25, 0.3) is 5.91 Å². The SMILES string of the molecule is CNc1cc([C@H](Cc2c[nH]c3ccccc23)NC(=O)c2cccc(OC)c2)nc(C2CC2)n1. The minimum Gasteiger partial charge on any atom is -0.497 e. The van der Waals surface area contributed by atoms with Crippen LogP contribution in [0.3, 0.4) is 0 Å². The Bertz CT molecular complexity index is 1290. The fourth-order valence-corrected chi connectivity index (χ4v) is 4.07. The van der Waals surface area contributed by atoms with Gasteiger partial charge in [0.1, 0.15) is 17.4 Å². The third-order valence-corrected chi connectivity index (χ3v) is 6.06. The van der Waals surface area contributed by atoms with E-state index in [-0.39, 0.29) is 11.9 Å². The lowest BCUT2D eigenvalue weighted by atomic mass is 10.0. The topological polar surface area (TPSA) is 91.9 Å². The lowest BCUT2D eigenvalue weighted by molar-refractivity contribution is 0.0935. The molecule has 1 aliphatic rings. The van der Waals surface area contributed by atoms with E-state index in [0.29, 0.717) is 23.7 Å². The number of amides is 1. The average Bonchev–Trinajstić information content (AvgIpc) is 3.64. The van der Waals surface area contributed by atoms with Crippen LogP contribution in [-0.2, 0) is 6.42 Å². The maximum Gasteiger partial charge on any atom is 0.251 e. The molecule has 1 saturated carbocycles. The number of carbonyl (C=O) groups excluding carboxylic acids is 1. The fraction of sp³-hybridized carbons (Fsp3) is 0.269. The number of nitrogens with one attached hydrogen (secondary N) is 3. The summed E-state index contributed by atoms with van der Waals surface area (Å²) < 4.78 is 5.29. The minimum absolute atomic E-state index is 0.170. The Morgan fingerprint density at radius 2 is 2.00 bits per heavy atom. The highest BCUT2D eigenvalue weighted by Gasteiger charge is 2.29. The smallest absolute Gasteiger partial charge is 0.251 e. The summed E-state index contributed by atoms with van der Waals surface area (Å²) in [4.78, 5) is 26.1. The van der Waals surface area contributed by atoms with E-state index in [4.69, 9.17) is 9.72 Å². The quantitative estimate of drug-likeness (QED) is 0.372. The molecule has 2 heterocycles. The van der Waals surface area contributed by atoms with Crippen LogP contribution in [-0.4, -0.2) is 35.0 Å². The van der Waals surface area contributed by atoms with Gasteiger partial charge in [-0.2, -0.15) is 0 Å². The van der Waals surface area contributed by atoms with Crippen molar-refractivity contribution in [3.8, 4) is 5.75 Å². The summed E-state index contributed by atoms with van der Waals surface area (Å²) in [7, 11) is 3.45. The molecule has 1 atom stereocenters. The van der Waals surface area contributed by atoms with Crippen LogP contribution in [0.2, 0.25) is 0 Å². The molecule has 0 bridgehead atoms. The van der Waals surface area contributed by atoms with Crippen molar-refractivity contribution in [2.24, 2.45) is 0 Å². The van der Waals surface area contributed by atoms with Crippen LogP contribution in [0.25, 0.3) is 10.9 Å². The molecule has 2 aromatic carbocycles. The van der Waals surface area contributed by atoms with Gasteiger partial charge in [0.2, 0.25) is 0 Å². The van der Waals surface area contributed by atoms with Crippen molar-refractivity contribution in [3.63, 3.8) is 0 Å². The second-order valence-electron chi connectivity index (χ2n) is 8.38. The van der Waals surface area contributed by atoms with E-state index < -0.39 is 0 Å². The van der Waals surface area contributed by atoms with E-state index in [1.807, 2.05) is 43.6 Å². The Morgan fingerprint density at radius 3 is 2.79 bits per heavy atom. The van der Waals surface area contributed by atoms with Crippen LogP contribution < -0.4 is 15.4 Å². The number of rotatable bonds is 8. The van der Waals surface area contributed by atoms with E-state index in [9.17, 15) is 4.79 Å². The molecular formula is C26H27N5O2. The molecule has 0 radical (unpaired) electrons. The average molecular weight is 442 g/mol. The molecule has 7 heteroatoms. The Morgan fingerprint density at radius 1 is 1.15 bits per heavy atom. The minimum atomic E-state index is -0.324. The zero-order valence-electron chi connectivity index (χ0n) is 18.8. The second kappa shape index (κ2) is 8.94. The van der Waals surface area contributed by atoms with Gasteiger partial charge in [0, 0.05) is 48.1 Å². The number of ether oxygens (including phenoxy) is 1. The molecule has 1 amide bonds. The molecule has 5 rings (SSSR count). The number of hydrogen-bond donors (Lipinski definition) is 3. The van der Waals surface area contributed by atoms with Crippen LogP contribution >= 0.6 is 0 Å².